The monoisotopic (exact) mass is 456 g/mol. The van der Waals surface area contributed by atoms with Gasteiger partial charge in [0, 0.05) is 35.3 Å². The lowest BCUT2D eigenvalue weighted by atomic mass is 9.95. The highest BCUT2D eigenvalue weighted by atomic mass is 32.1. The minimum absolute atomic E-state index is 0.0155. The summed E-state index contributed by atoms with van der Waals surface area (Å²) in [5.41, 5.74) is 2.42. The lowest BCUT2D eigenvalue weighted by molar-refractivity contribution is -0.121. The number of nitrogens with one attached hydrogen (secondary N) is 1. The highest BCUT2D eigenvalue weighted by Crippen LogP contribution is 2.23. The second kappa shape index (κ2) is 9.57. The zero-order chi connectivity index (χ0) is 21.8. The van der Waals surface area contributed by atoms with Crippen LogP contribution in [0.5, 0.6) is 5.75 Å². The van der Waals surface area contributed by atoms with Gasteiger partial charge in [-0.25, -0.2) is 9.97 Å². The Labute approximate surface area is 189 Å². The van der Waals surface area contributed by atoms with Gasteiger partial charge in [-0.1, -0.05) is 0 Å². The molecule has 0 saturated carbocycles. The number of nitrogens with zero attached hydrogens (tertiary/aromatic N) is 3. The number of piperidine rings is 1. The Kier molecular flexibility index (Phi) is 6.62. The molecular weight excluding hydrogens is 432 g/mol. The number of benzene rings is 1. The summed E-state index contributed by atoms with van der Waals surface area (Å²) in [7, 11) is 0. The smallest absolute Gasteiger partial charge is 0.253 e. The second-order valence-corrected chi connectivity index (χ2v) is 9.44. The Morgan fingerprint density at radius 3 is 2.45 bits per heavy atom. The highest BCUT2D eigenvalue weighted by Gasteiger charge is 2.28. The minimum Gasteiger partial charge on any atom is -0.487 e. The van der Waals surface area contributed by atoms with Crippen LogP contribution in [0.3, 0.4) is 0 Å². The zero-order valence-corrected chi connectivity index (χ0v) is 19.1. The first-order valence-corrected chi connectivity index (χ1v) is 11.9. The van der Waals surface area contributed by atoms with Crippen LogP contribution in [-0.2, 0) is 11.4 Å². The van der Waals surface area contributed by atoms with E-state index in [1.807, 2.05) is 41.6 Å². The Morgan fingerprint density at radius 2 is 1.84 bits per heavy atom. The van der Waals surface area contributed by atoms with Gasteiger partial charge in [-0.15, -0.1) is 22.7 Å². The molecule has 0 spiro atoms. The van der Waals surface area contributed by atoms with Gasteiger partial charge < -0.3 is 15.0 Å². The summed E-state index contributed by atoms with van der Waals surface area (Å²) in [4.78, 5) is 35.8. The van der Waals surface area contributed by atoms with Crippen molar-refractivity contribution >= 4 is 39.6 Å². The average Bonchev–Trinajstić information content (AvgIpc) is 3.39. The van der Waals surface area contributed by atoms with Gasteiger partial charge in [-0.3, -0.25) is 9.59 Å². The number of rotatable bonds is 6. The molecule has 7 nitrogen and oxygen atoms in total. The molecule has 1 saturated heterocycles. The van der Waals surface area contributed by atoms with Crippen LogP contribution in [-0.4, -0.2) is 39.8 Å². The van der Waals surface area contributed by atoms with Gasteiger partial charge >= 0.3 is 0 Å². The molecule has 1 aromatic carbocycles. The van der Waals surface area contributed by atoms with E-state index in [0.717, 1.165) is 16.4 Å². The van der Waals surface area contributed by atoms with Crippen LogP contribution in [0.2, 0.25) is 0 Å². The first-order chi connectivity index (χ1) is 15.0. The standard InChI is InChI=1S/C22H24N4O3S2/c1-14-12-31-22(23-14)25-20(27)16-7-9-26(10-8-16)21(28)17-3-5-19(6-4-17)29-11-18-13-30-15(2)24-18/h3-6,12-13,16H,7-11H2,1-2H3,(H,23,25,27). The number of carbonyl (C=O) groups is 2. The summed E-state index contributed by atoms with van der Waals surface area (Å²) < 4.78 is 5.75. The summed E-state index contributed by atoms with van der Waals surface area (Å²) in [6.45, 7) is 5.40. The molecule has 2 aromatic heterocycles. The van der Waals surface area contributed by atoms with E-state index in [1.54, 1.807) is 23.5 Å². The molecule has 2 amide bonds. The van der Waals surface area contributed by atoms with Gasteiger partial charge in [-0.05, 0) is 51.0 Å². The number of likely N-dealkylation sites (tertiary alicyclic amines) is 1. The molecule has 1 N–H and O–H groups in total. The molecule has 0 atom stereocenters. The van der Waals surface area contributed by atoms with Crippen LogP contribution >= 0.6 is 22.7 Å². The maximum absolute atomic E-state index is 12.8. The quantitative estimate of drug-likeness (QED) is 0.598. The van der Waals surface area contributed by atoms with Crippen molar-refractivity contribution in [3.05, 3.63) is 57.0 Å². The molecule has 9 heteroatoms. The van der Waals surface area contributed by atoms with Crippen LogP contribution < -0.4 is 10.1 Å². The maximum Gasteiger partial charge on any atom is 0.253 e. The molecule has 3 heterocycles. The number of ether oxygens (including phenoxy) is 1. The van der Waals surface area contributed by atoms with Crippen molar-refractivity contribution in [3.8, 4) is 5.75 Å². The summed E-state index contributed by atoms with van der Waals surface area (Å²) in [6.07, 6.45) is 1.30. The fourth-order valence-corrected chi connectivity index (χ4v) is 4.76. The maximum atomic E-state index is 12.8. The van der Waals surface area contributed by atoms with E-state index in [2.05, 4.69) is 15.3 Å². The van der Waals surface area contributed by atoms with Crippen molar-refractivity contribution in [2.45, 2.75) is 33.3 Å². The summed E-state index contributed by atoms with van der Waals surface area (Å²) in [6, 6.07) is 7.19. The number of anilines is 1. The molecule has 162 valence electrons. The number of carbonyl (C=O) groups excluding carboxylic acids is 2. The van der Waals surface area contributed by atoms with Gasteiger partial charge in [0.15, 0.2) is 5.13 Å². The van der Waals surface area contributed by atoms with Crippen molar-refractivity contribution in [2.24, 2.45) is 5.92 Å². The van der Waals surface area contributed by atoms with Crippen molar-refractivity contribution in [1.82, 2.24) is 14.9 Å². The Balaban J connectivity index is 1.26. The molecule has 0 aliphatic carbocycles. The number of hydrogen-bond acceptors (Lipinski definition) is 7. The molecule has 0 radical (unpaired) electrons. The normalized spacial score (nSPS) is 14.5. The Hall–Kier alpha value is -2.78. The fraction of sp³-hybridized carbons (Fsp3) is 0.364. The molecule has 1 aliphatic heterocycles. The first kappa shape index (κ1) is 21.5. The van der Waals surface area contributed by atoms with E-state index < -0.39 is 0 Å². The molecule has 1 fully saturated rings. The second-order valence-electron chi connectivity index (χ2n) is 7.52. The zero-order valence-electron chi connectivity index (χ0n) is 17.5. The largest absolute Gasteiger partial charge is 0.487 e. The van der Waals surface area contributed by atoms with Gasteiger partial charge in [0.25, 0.3) is 5.91 Å². The number of aromatic nitrogens is 2. The van der Waals surface area contributed by atoms with Crippen molar-refractivity contribution < 1.29 is 14.3 Å². The van der Waals surface area contributed by atoms with E-state index in [9.17, 15) is 9.59 Å². The Bertz CT molecular complexity index is 1050. The average molecular weight is 457 g/mol. The summed E-state index contributed by atoms with van der Waals surface area (Å²) in [5.74, 6) is 0.572. The van der Waals surface area contributed by atoms with Gasteiger partial charge in [0.05, 0.1) is 16.4 Å². The topological polar surface area (TPSA) is 84.4 Å². The predicted molar refractivity (Wildman–Crippen MR) is 122 cm³/mol. The predicted octanol–water partition coefficient (Wildman–Crippen LogP) is 4.29. The van der Waals surface area contributed by atoms with Gasteiger partial charge in [0.2, 0.25) is 5.91 Å². The number of thiazole rings is 2. The molecule has 4 rings (SSSR count). The van der Waals surface area contributed by atoms with Crippen molar-refractivity contribution in [3.63, 3.8) is 0 Å². The molecule has 0 unspecified atom stereocenters. The van der Waals surface area contributed by atoms with Crippen molar-refractivity contribution in [2.75, 3.05) is 18.4 Å². The number of hydrogen-bond donors (Lipinski definition) is 1. The van der Waals surface area contributed by atoms with Crippen LogP contribution in [0.1, 0.15) is 39.6 Å². The van der Waals surface area contributed by atoms with Crippen LogP contribution in [0, 0.1) is 19.8 Å². The van der Waals surface area contributed by atoms with E-state index in [-0.39, 0.29) is 17.7 Å². The molecule has 31 heavy (non-hydrogen) atoms. The van der Waals surface area contributed by atoms with E-state index in [1.165, 1.54) is 11.3 Å². The SMILES string of the molecule is Cc1csc(NC(=O)C2CCN(C(=O)c3ccc(OCc4csc(C)n4)cc3)CC2)n1. The third-order valence-electron chi connectivity index (χ3n) is 5.16. The minimum atomic E-state index is -0.0987. The lowest BCUT2D eigenvalue weighted by Gasteiger charge is -2.31. The van der Waals surface area contributed by atoms with Crippen LogP contribution in [0.15, 0.2) is 35.0 Å². The number of amides is 2. The summed E-state index contributed by atoms with van der Waals surface area (Å²) >= 11 is 3.02. The lowest BCUT2D eigenvalue weighted by Crippen LogP contribution is -2.41. The molecular formula is C22H24N4O3S2. The number of aryl methyl sites for hydroxylation is 2. The van der Waals surface area contributed by atoms with Crippen molar-refractivity contribution in [1.29, 1.82) is 0 Å². The Morgan fingerprint density at radius 1 is 1.10 bits per heavy atom. The first-order valence-electron chi connectivity index (χ1n) is 10.1. The van der Waals surface area contributed by atoms with Crippen LogP contribution in [0.25, 0.3) is 0 Å². The molecule has 3 aromatic rings. The van der Waals surface area contributed by atoms with E-state index in [4.69, 9.17) is 4.74 Å². The molecule has 1 aliphatic rings. The van der Waals surface area contributed by atoms with Gasteiger partial charge in [-0.2, -0.15) is 0 Å². The highest BCUT2D eigenvalue weighted by molar-refractivity contribution is 7.13. The summed E-state index contributed by atoms with van der Waals surface area (Å²) in [5, 5.41) is 8.42. The van der Waals surface area contributed by atoms with Gasteiger partial charge in [0.1, 0.15) is 12.4 Å². The van der Waals surface area contributed by atoms with Crippen LogP contribution in [0.4, 0.5) is 5.13 Å². The molecule has 0 bridgehead atoms. The van der Waals surface area contributed by atoms with E-state index >= 15 is 0 Å². The third kappa shape index (κ3) is 5.48. The third-order valence-corrected chi connectivity index (χ3v) is 6.85. The fourth-order valence-electron chi connectivity index (χ4n) is 3.47. The van der Waals surface area contributed by atoms with E-state index in [0.29, 0.717) is 49.0 Å².